The van der Waals surface area contributed by atoms with Crippen LogP contribution in [0.1, 0.15) is 29.5 Å². The maximum atomic E-state index is 6.51. The Labute approximate surface area is 158 Å². The summed E-state index contributed by atoms with van der Waals surface area (Å²) in [6, 6.07) is 12.0. The quantitative estimate of drug-likeness (QED) is 0.629. The monoisotopic (exact) mass is 371 g/mol. The summed E-state index contributed by atoms with van der Waals surface area (Å²) < 4.78 is 5.89. The fourth-order valence-electron chi connectivity index (χ4n) is 3.95. The largest absolute Gasteiger partial charge is 0.489 e. The molecule has 128 valence electrons. The van der Waals surface area contributed by atoms with Crippen molar-refractivity contribution >= 4 is 28.9 Å². The number of ether oxygens (including phenoxy) is 1. The highest BCUT2D eigenvalue weighted by molar-refractivity contribution is 6.36. The summed E-state index contributed by atoms with van der Waals surface area (Å²) in [5.74, 6) is 1.53. The molecule has 4 rings (SSSR count). The van der Waals surface area contributed by atoms with Crippen molar-refractivity contribution in [1.82, 2.24) is 0 Å². The van der Waals surface area contributed by atoms with E-state index in [4.69, 9.17) is 27.9 Å². The Kier molecular flexibility index (Phi) is 4.49. The summed E-state index contributed by atoms with van der Waals surface area (Å²) in [7, 11) is 0. The lowest BCUT2D eigenvalue weighted by Crippen LogP contribution is -2.30. The first-order chi connectivity index (χ1) is 12.2. The molecule has 2 aromatic carbocycles. The van der Waals surface area contributed by atoms with Crippen molar-refractivity contribution in [3.63, 3.8) is 0 Å². The zero-order chi connectivity index (χ0) is 17.4. The molecule has 1 N–H and O–H groups in total. The van der Waals surface area contributed by atoms with E-state index < -0.39 is 0 Å². The standard InChI is InChI=1S/C21H19Cl2NO/c1-2-12-25-18-9-4-3-6-15(18)20-14-8-5-7-13(14)19-16(22)10-11-17(23)21(19)24-20/h2-7,9-11,13-14,20,24H,1,8,12H2. The molecular formula is C21H19Cl2NO. The van der Waals surface area contributed by atoms with Gasteiger partial charge in [0.05, 0.1) is 16.8 Å². The molecule has 2 aliphatic rings. The van der Waals surface area contributed by atoms with Crippen LogP contribution in [0.15, 0.2) is 61.2 Å². The molecular weight excluding hydrogens is 353 g/mol. The summed E-state index contributed by atoms with van der Waals surface area (Å²) >= 11 is 13.0. The van der Waals surface area contributed by atoms with Gasteiger partial charge in [0.1, 0.15) is 12.4 Å². The minimum absolute atomic E-state index is 0.115. The number of benzene rings is 2. The van der Waals surface area contributed by atoms with E-state index in [1.54, 1.807) is 6.08 Å². The predicted molar refractivity (Wildman–Crippen MR) is 105 cm³/mol. The fourth-order valence-corrected chi connectivity index (χ4v) is 4.46. The highest BCUT2D eigenvalue weighted by Crippen LogP contribution is 2.54. The molecule has 0 saturated heterocycles. The minimum atomic E-state index is 0.115. The van der Waals surface area contributed by atoms with E-state index in [0.29, 0.717) is 17.5 Å². The molecule has 0 bridgehead atoms. The van der Waals surface area contributed by atoms with E-state index >= 15 is 0 Å². The summed E-state index contributed by atoms with van der Waals surface area (Å²) in [5, 5.41) is 5.12. The number of rotatable bonds is 4. The molecule has 0 spiro atoms. The summed E-state index contributed by atoms with van der Waals surface area (Å²) in [4.78, 5) is 0. The van der Waals surface area contributed by atoms with Crippen LogP contribution in [0.2, 0.25) is 10.0 Å². The number of para-hydroxylation sites is 1. The number of anilines is 1. The molecule has 1 aliphatic heterocycles. The molecule has 2 aromatic rings. The van der Waals surface area contributed by atoms with Crippen molar-refractivity contribution in [3.05, 3.63) is 82.4 Å². The Morgan fingerprint density at radius 3 is 2.80 bits per heavy atom. The van der Waals surface area contributed by atoms with Crippen LogP contribution in [0.5, 0.6) is 5.75 Å². The Balaban J connectivity index is 1.80. The molecule has 0 fully saturated rings. The Hall–Kier alpha value is -1.90. The van der Waals surface area contributed by atoms with E-state index in [9.17, 15) is 0 Å². The van der Waals surface area contributed by atoms with Crippen LogP contribution in [0.4, 0.5) is 5.69 Å². The number of nitrogens with one attached hydrogen (secondary N) is 1. The van der Waals surface area contributed by atoms with Gasteiger partial charge in [-0.1, -0.05) is 66.2 Å². The van der Waals surface area contributed by atoms with Crippen molar-refractivity contribution in [1.29, 1.82) is 0 Å². The van der Waals surface area contributed by atoms with Gasteiger partial charge < -0.3 is 10.1 Å². The van der Waals surface area contributed by atoms with Gasteiger partial charge in [-0.25, -0.2) is 0 Å². The van der Waals surface area contributed by atoms with Crippen LogP contribution < -0.4 is 10.1 Å². The van der Waals surface area contributed by atoms with Gasteiger partial charge >= 0.3 is 0 Å². The second-order valence-corrected chi connectivity index (χ2v) is 7.25. The van der Waals surface area contributed by atoms with Crippen LogP contribution in [0, 0.1) is 5.92 Å². The zero-order valence-corrected chi connectivity index (χ0v) is 15.2. The smallest absolute Gasteiger partial charge is 0.125 e. The first-order valence-electron chi connectivity index (χ1n) is 8.44. The fraction of sp³-hybridized carbons (Fsp3) is 0.238. The van der Waals surface area contributed by atoms with Gasteiger partial charge in [-0.15, -0.1) is 0 Å². The van der Waals surface area contributed by atoms with Crippen LogP contribution in [-0.2, 0) is 0 Å². The topological polar surface area (TPSA) is 21.3 Å². The average molecular weight is 372 g/mol. The van der Waals surface area contributed by atoms with E-state index in [-0.39, 0.29) is 12.0 Å². The molecule has 1 heterocycles. The number of halogens is 2. The minimum Gasteiger partial charge on any atom is -0.489 e. The van der Waals surface area contributed by atoms with Gasteiger partial charge in [-0.3, -0.25) is 0 Å². The molecule has 0 aromatic heterocycles. The maximum Gasteiger partial charge on any atom is 0.125 e. The Bertz CT molecular complexity index is 846. The molecule has 1 aliphatic carbocycles. The molecule has 0 amide bonds. The second-order valence-electron chi connectivity index (χ2n) is 6.43. The van der Waals surface area contributed by atoms with Crippen LogP contribution >= 0.6 is 23.2 Å². The van der Waals surface area contributed by atoms with Gasteiger partial charge in [0.25, 0.3) is 0 Å². The average Bonchev–Trinajstić information content (AvgIpc) is 3.12. The Morgan fingerprint density at radius 1 is 1.16 bits per heavy atom. The van der Waals surface area contributed by atoms with Crippen molar-refractivity contribution in [2.45, 2.75) is 18.4 Å². The lowest BCUT2D eigenvalue weighted by molar-refractivity contribution is 0.346. The molecule has 0 saturated carbocycles. The first-order valence-corrected chi connectivity index (χ1v) is 9.20. The van der Waals surface area contributed by atoms with Gasteiger partial charge in [-0.2, -0.15) is 0 Å². The van der Waals surface area contributed by atoms with Crippen LogP contribution in [0.25, 0.3) is 0 Å². The van der Waals surface area contributed by atoms with Gasteiger partial charge in [0, 0.05) is 22.1 Å². The van der Waals surface area contributed by atoms with Gasteiger partial charge in [0.2, 0.25) is 0 Å². The summed E-state index contributed by atoms with van der Waals surface area (Å²) in [5.41, 5.74) is 3.18. The number of hydrogen-bond donors (Lipinski definition) is 1. The van der Waals surface area contributed by atoms with Crippen molar-refractivity contribution < 1.29 is 4.74 Å². The Morgan fingerprint density at radius 2 is 1.96 bits per heavy atom. The van der Waals surface area contributed by atoms with Crippen molar-refractivity contribution in [2.24, 2.45) is 5.92 Å². The third-order valence-corrected chi connectivity index (χ3v) is 5.67. The molecule has 4 heteroatoms. The second kappa shape index (κ2) is 6.78. The molecule has 25 heavy (non-hydrogen) atoms. The highest BCUT2D eigenvalue weighted by Gasteiger charge is 2.40. The first kappa shape index (κ1) is 16.6. The molecule has 2 nitrogen and oxygen atoms in total. The number of hydrogen-bond acceptors (Lipinski definition) is 2. The van der Waals surface area contributed by atoms with Gasteiger partial charge in [0.15, 0.2) is 0 Å². The van der Waals surface area contributed by atoms with Crippen LogP contribution in [0.3, 0.4) is 0 Å². The third kappa shape index (κ3) is 2.84. The van der Waals surface area contributed by atoms with E-state index in [1.807, 2.05) is 30.3 Å². The van der Waals surface area contributed by atoms with E-state index in [1.165, 1.54) is 0 Å². The summed E-state index contributed by atoms with van der Waals surface area (Å²) in [6.07, 6.45) is 7.26. The van der Waals surface area contributed by atoms with Gasteiger partial charge in [-0.05, 0) is 30.5 Å². The number of allylic oxidation sites excluding steroid dienone is 2. The van der Waals surface area contributed by atoms with E-state index in [0.717, 1.165) is 34.0 Å². The lowest BCUT2D eigenvalue weighted by Gasteiger charge is -2.38. The molecule has 3 atom stereocenters. The molecule has 3 unspecified atom stereocenters. The van der Waals surface area contributed by atoms with Crippen LogP contribution in [-0.4, -0.2) is 6.61 Å². The lowest BCUT2D eigenvalue weighted by atomic mass is 9.77. The summed E-state index contributed by atoms with van der Waals surface area (Å²) in [6.45, 7) is 4.22. The number of fused-ring (bicyclic) bond motifs is 3. The van der Waals surface area contributed by atoms with E-state index in [2.05, 4.69) is 30.1 Å². The maximum absolute atomic E-state index is 6.51. The highest BCUT2D eigenvalue weighted by atomic mass is 35.5. The molecule has 0 radical (unpaired) electrons. The normalized spacial score (nSPS) is 23.5. The van der Waals surface area contributed by atoms with Crippen molar-refractivity contribution in [3.8, 4) is 5.75 Å². The third-order valence-electron chi connectivity index (χ3n) is 5.03. The SMILES string of the molecule is C=CCOc1ccccc1C1Nc2c(Cl)ccc(Cl)c2C2C=CCC21. The predicted octanol–water partition coefficient (Wildman–Crippen LogP) is 6.38. The van der Waals surface area contributed by atoms with Crippen molar-refractivity contribution in [2.75, 3.05) is 11.9 Å². The zero-order valence-electron chi connectivity index (χ0n) is 13.7.